The molecule has 0 spiro atoms. The minimum absolute atomic E-state index is 0.283. The molecule has 0 aliphatic rings. The number of nitrogens with one attached hydrogen (secondary N) is 1. The number of hydrogen-bond acceptors (Lipinski definition) is 1. The lowest BCUT2D eigenvalue weighted by Gasteiger charge is -2.18. The van der Waals surface area contributed by atoms with Crippen LogP contribution in [-0.2, 0) is 6.54 Å². The summed E-state index contributed by atoms with van der Waals surface area (Å²) in [6.45, 7) is 7.66. The molecule has 90 valence electrons. The lowest BCUT2D eigenvalue weighted by atomic mass is 10.1. The van der Waals surface area contributed by atoms with Gasteiger partial charge in [0.1, 0.15) is 13.1 Å². The van der Waals surface area contributed by atoms with Crippen molar-refractivity contribution >= 4 is 0 Å². The molecule has 0 saturated heterocycles. The Balaban J connectivity index is 2.52. The third-order valence-corrected chi connectivity index (χ3v) is 2.89. The van der Waals surface area contributed by atoms with Gasteiger partial charge in [-0.15, -0.1) is 0 Å². The fourth-order valence-corrected chi connectivity index (χ4v) is 2.00. The lowest BCUT2D eigenvalue weighted by molar-refractivity contribution is -0.914. The zero-order chi connectivity index (χ0) is 11.8. The van der Waals surface area contributed by atoms with Crippen molar-refractivity contribution in [2.45, 2.75) is 33.2 Å². The number of aliphatic hydroxyl groups is 1. The molecule has 1 atom stereocenters. The molecular weight excluding hydrogens is 198 g/mol. The Morgan fingerprint density at radius 1 is 1.25 bits per heavy atom. The molecule has 1 aromatic carbocycles. The first-order valence-electron chi connectivity index (χ1n) is 6.26. The van der Waals surface area contributed by atoms with Gasteiger partial charge in [0, 0.05) is 5.56 Å². The molecule has 0 aromatic heterocycles. The third kappa shape index (κ3) is 4.77. The van der Waals surface area contributed by atoms with E-state index in [0.717, 1.165) is 19.6 Å². The maximum atomic E-state index is 9.05. The minimum Gasteiger partial charge on any atom is -0.391 e. The van der Waals surface area contributed by atoms with E-state index in [9.17, 15) is 0 Å². The Kier molecular flexibility index (Phi) is 6.12. The number of hydrogen-bond donors (Lipinski definition) is 2. The summed E-state index contributed by atoms with van der Waals surface area (Å²) in [5.74, 6) is 0. The monoisotopic (exact) mass is 222 g/mol. The van der Waals surface area contributed by atoms with Crippen LogP contribution >= 0.6 is 0 Å². The summed E-state index contributed by atoms with van der Waals surface area (Å²) in [5.41, 5.74) is 2.69. The molecule has 2 N–H and O–H groups in total. The molecule has 0 saturated carbocycles. The molecule has 1 rings (SSSR count). The van der Waals surface area contributed by atoms with Gasteiger partial charge >= 0.3 is 0 Å². The maximum Gasteiger partial charge on any atom is 0.103 e. The summed E-state index contributed by atoms with van der Waals surface area (Å²) < 4.78 is 0. The highest BCUT2D eigenvalue weighted by Crippen LogP contribution is 2.01. The second-order valence-corrected chi connectivity index (χ2v) is 4.49. The molecule has 0 heterocycles. The van der Waals surface area contributed by atoms with E-state index in [4.69, 9.17) is 5.11 Å². The first kappa shape index (κ1) is 13.2. The standard InChI is InChI=1S/C14H23NO/c1-3-4-8-15(9-10-16)12-14-7-5-6-13(2)11-14/h5-7,11,16H,3-4,8-10,12H2,1-2H3/p+1. The van der Waals surface area contributed by atoms with Crippen molar-refractivity contribution in [2.75, 3.05) is 19.7 Å². The van der Waals surface area contributed by atoms with Crippen LogP contribution in [0.15, 0.2) is 24.3 Å². The summed E-state index contributed by atoms with van der Waals surface area (Å²) in [5, 5.41) is 9.05. The Bertz CT molecular complexity index is 299. The first-order chi connectivity index (χ1) is 7.76. The van der Waals surface area contributed by atoms with Crippen LogP contribution in [0.4, 0.5) is 0 Å². The van der Waals surface area contributed by atoms with Gasteiger partial charge in [0.15, 0.2) is 0 Å². The van der Waals surface area contributed by atoms with Crippen LogP contribution in [0.25, 0.3) is 0 Å². The van der Waals surface area contributed by atoms with Crippen LogP contribution in [0.1, 0.15) is 30.9 Å². The van der Waals surface area contributed by atoms with E-state index in [1.165, 1.54) is 28.9 Å². The first-order valence-corrected chi connectivity index (χ1v) is 6.26. The number of aliphatic hydroxyl groups excluding tert-OH is 1. The lowest BCUT2D eigenvalue weighted by Crippen LogP contribution is -3.11. The number of benzene rings is 1. The highest BCUT2D eigenvalue weighted by atomic mass is 16.3. The zero-order valence-corrected chi connectivity index (χ0v) is 10.5. The highest BCUT2D eigenvalue weighted by Gasteiger charge is 2.08. The third-order valence-electron chi connectivity index (χ3n) is 2.89. The molecule has 1 unspecified atom stereocenters. The molecule has 0 aliphatic carbocycles. The van der Waals surface area contributed by atoms with Crippen molar-refractivity contribution in [1.82, 2.24) is 0 Å². The number of aryl methyl sites for hydroxylation is 1. The quantitative estimate of drug-likeness (QED) is 0.711. The second kappa shape index (κ2) is 7.42. The van der Waals surface area contributed by atoms with Crippen molar-refractivity contribution in [3.05, 3.63) is 35.4 Å². The number of quaternary nitrogens is 1. The number of rotatable bonds is 7. The molecule has 1 aromatic rings. The van der Waals surface area contributed by atoms with E-state index >= 15 is 0 Å². The summed E-state index contributed by atoms with van der Waals surface area (Å²) in [6.07, 6.45) is 2.46. The molecule has 0 fully saturated rings. The van der Waals surface area contributed by atoms with E-state index in [-0.39, 0.29) is 6.61 Å². The van der Waals surface area contributed by atoms with Crippen molar-refractivity contribution in [3.63, 3.8) is 0 Å². The predicted octanol–water partition coefficient (Wildman–Crippen LogP) is 1.17. The topological polar surface area (TPSA) is 24.7 Å². The SMILES string of the molecule is CCCC[NH+](CCO)Cc1cccc(C)c1. The van der Waals surface area contributed by atoms with Crippen LogP contribution in [0.5, 0.6) is 0 Å². The maximum absolute atomic E-state index is 9.05. The van der Waals surface area contributed by atoms with Gasteiger partial charge in [-0.25, -0.2) is 0 Å². The number of unbranched alkanes of at least 4 members (excludes halogenated alkanes) is 1. The van der Waals surface area contributed by atoms with Gasteiger partial charge in [-0.1, -0.05) is 43.2 Å². The Morgan fingerprint density at radius 3 is 2.69 bits per heavy atom. The Hall–Kier alpha value is -0.860. The summed E-state index contributed by atoms with van der Waals surface area (Å²) >= 11 is 0. The average Bonchev–Trinajstić information content (AvgIpc) is 2.26. The van der Waals surface area contributed by atoms with Gasteiger partial charge in [0.05, 0.1) is 13.2 Å². The van der Waals surface area contributed by atoms with Gasteiger partial charge in [-0.3, -0.25) is 0 Å². The van der Waals surface area contributed by atoms with Gasteiger partial charge in [-0.05, 0) is 13.3 Å². The van der Waals surface area contributed by atoms with Crippen LogP contribution < -0.4 is 4.90 Å². The minimum atomic E-state index is 0.283. The van der Waals surface area contributed by atoms with Crippen molar-refractivity contribution in [3.8, 4) is 0 Å². The molecule has 2 nitrogen and oxygen atoms in total. The molecule has 0 bridgehead atoms. The van der Waals surface area contributed by atoms with Gasteiger partial charge in [-0.2, -0.15) is 0 Å². The normalized spacial score (nSPS) is 12.7. The van der Waals surface area contributed by atoms with Crippen molar-refractivity contribution in [2.24, 2.45) is 0 Å². The van der Waals surface area contributed by atoms with E-state index in [1.807, 2.05) is 0 Å². The van der Waals surface area contributed by atoms with Gasteiger partial charge < -0.3 is 10.0 Å². The smallest absolute Gasteiger partial charge is 0.103 e. The van der Waals surface area contributed by atoms with Crippen molar-refractivity contribution < 1.29 is 10.0 Å². The van der Waals surface area contributed by atoms with Crippen LogP contribution in [0.2, 0.25) is 0 Å². The van der Waals surface area contributed by atoms with E-state index in [2.05, 4.69) is 38.1 Å². The van der Waals surface area contributed by atoms with Crippen LogP contribution in [0.3, 0.4) is 0 Å². The van der Waals surface area contributed by atoms with E-state index in [1.54, 1.807) is 0 Å². The summed E-state index contributed by atoms with van der Waals surface area (Å²) in [7, 11) is 0. The van der Waals surface area contributed by atoms with Gasteiger partial charge in [0.2, 0.25) is 0 Å². The molecule has 2 heteroatoms. The Labute approximate surface area is 98.9 Å². The molecular formula is C14H24NO+. The van der Waals surface area contributed by atoms with Crippen LogP contribution in [-0.4, -0.2) is 24.8 Å². The molecule has 0 amide bonds. The fraction of sp³-hybridized carbons (Fsp3) is 0.571. The molecule has 16 heavy (non-hydrogen) atoms. The average molecular weight is 222 g/mol. The molecule has 0 radical (unpaired) electrons. The van der Waals surface area contributed by atoms with Gasteiger partial charge in [0.25, 0.3) is 0 Å². The zero-order valence-electron chi connectivity index (χ0n) is 10.5. The van der Waals surface area contributed by atoms with E-state index in [0.29, 0.717) is 0 Å². The Morgan fingerprint density at radius 2 is 2.06 bits per heavy atom. The predicted molar refractivity (Wildman–Crippen MR) is 67.6 cm³/mol. The summed E-state index contributed by atoms with van der Waals surface area (Å²) in [4.78, 5) is 1.48. The van der Waals surface area contributed by atoms with E-state index < -0.39 is 0 Å². The van der Waals surface area contributed by atoms with Crippen LogP contribution in [0, 0.1) is 6.92 Å². The molecule has 0 aliphatic heterocycles. The van der Waals surface area contributed by atoms with Crippen molar-refractivity contribution in [1.29, 1.82) is 0 Å². The fourth-order valence-electron chi connectivity index (χ4n) is 2.00. The highest BCUT2D eigenvalue weighted by molar-refractivity contribution is 5.21. The summed E-state index contributed by atoms with van der Waals surface area (Å²) in [6, 6.07) is 8.65. The second-order valence-electron chi connectivity index (χ2n) is 4.49. The largest absolute Gasteiger partial charge is 0.391 e.